The Morgan fingerprint density at radius 3 is 2.68 bits per heavy atom. The Morgan fingerprint density at radius 2 is 1.95 bits per heavy atom. The number of amides is 1. The molecule has 0 aliphatic carbocycles. The number of carboxylic acid groups (broad SMARTS) is 1. The molecule has 0 atom stereocenters. The van der Waals surface area contributed by atoms with Gasteiger partial charge in [0.25, 0.3) is 0 Å². The Morgan fingerprint density at radius 1 is 1.18 bits per heavy atom. The minimum Gasteiger partial charge on any atom is -0.481 e. The van der Waals surface area contributed by atoms with Gasteiger partial charge < -0.3 is 10.4 Å². The van der Waals surface area contributed by atoms with Gasteiger partial charge in [-0.25, -0.2) is 4.98 Å². The van der Waals surface area contributed by atoms with Crippen LogP contribution in [0.25, 0.3) is 10.6 Å². The molecule has 1 heterocycles. The highest BCUT2D eigenvalue weighted by Gasteiger charge is 2.08. The molecule has 6 heteroatoms. The number of rotatable bonds is 8. The molecule has 1 aromatic carbocycles. The molecule has 1 amide bonds. The van der Waals surface area contributed by atoms with Crippen molar-refractivity contribution in [1.82, 2.24) is 10.3 Å². The number of hydrogen-bond acceptors (Lipinski definition) is 4. The summed E-state index contributed by atoms with van der Waals surface area (Å²) in [5.41, 5.74) is 1.81. The number of carboxylic acids is 1. The Labute approximate surface area is 133 Å². The lowest BCUT2D eigenvalue weighted by Gasteiger charge is -2.03. The van der Waals surface area contributed by atoms with Crippen LogP contribution in [0.1, 0.15) is 25.0 Å². The van der Waals surface area contributed by atoms with Crippen LogP contribution >= 0.6 is 11.3 Å². The molecule has 2 aromatic rings. The average Bonchev–Trinajstić information content (AvgIpc) is 2.96. The first kappa shape index (κ1) is 16.2. The molecule has 0 unspecified atom stereocenters. The van der Waals surface area contributed by atoms with E-state index in [2.05, 4.69) is 10.3 Å². The number of thiazole rings is 1. The van der Waals surface area contributed by atoms with Gasteiger partial charge >= 0.3 is 5.97 Å². The predicted molar refractivity (Wildman–Crippen MR) is 85.8 cm³/mol. The summed E-state index contributed by atoms with van der Waals surface area (Å²) in [5.74, 6) is -0.887. The van der Waals surface area contributed by atoms with E-state index in [-0.39, 0.29) is 18.7 Å². The average molecular weight is 318 g/mol. The van der Waals surface area contributed by atoms with Crippen molar-refractivity contribution in [3.05, 3.63) is 41.4 Å². The lowest BCUT2D eigenvalue weighted by atomic mass is 10.2. The minimum absolute atomic E-state index is 0.0831. The largest absolute Gasteiger partial charge is 0.481 e. The zero-order valence-electron chi connectivity index (χ0n) is 12.1. The molecule has 5 nitrogen and oxygen atoms in total. The van der Waals surface area contributed by atoms with Gasteiger partial charge in [0.1, 0.15) is 5.01 Å². The monoisotopic (exact) mass is 318 g/mol. The molecule has 2 N–H and O–H groups in total. The maximum Gasteiger partial charge on any atom is 0.303 e. The third kappa shape index (κ3) is 5.29. The van der Waals surface area contributed by atoms with Gasteiger partial charge in [-0.1, -0.05) is 30.3 Å². The van der Waals surface area contributed by atoms with Gasteiger partial charge in [-0.05, 0) is 12.8 Å². The summed E-state index contributed by atoms with van der Waals surface area (Å²) in [5, 5.41) is 14.1. The maximum atomic E-state index is 11.8. The van der Waals surface area contributed by atoms with Gasteiger partial charge in [0, 0.05) is 23.9 Å². The standard InChI is InChI=1S/C16H18N2O3S/c19-14(17-9-5-4-8-15(20)21)10-13-11-22-16(18-13)12-6-2-1-3-7-12/h1-3,6-7,11H,4-5,8-10H2,(H,17,19)(H,20,21). The third-order valence-corrected chi connectivity index (χ3v) is 3.99. The quantitative estimate of drug-likeness (QED) is 0.734. The molecule has 0 spiro atoms. The fraction of sp³-hybridized carbons (Fsp3) is 0.312. The molecule has 2 rings (SSSR count). The van der Waals surface area contributed by atoms with Gasteiger partial charge in [0.05, 0.1) is 12.1 Å². The Bertz CT molecular complexity index is 625. The normalized spacial score (nSPS) is 10.4. The molecular weight excluding hydrogens is 300 g/mol. The number of hydrogen-bond donors (Lipinski definition) is 2. The molecule has 0 aliphatic rings. The van der Waals surface area contributed by atoms with Crippen molar-refractivity contribution < 1.29 is 14.7 Å². The van der Waals surface area contributed by atoms with Gasteiger partial charge in [0.15, 0.2) is 0 Å². The highest BCUT2D eigenvalue weighted by atomic mass is 32.1. The summed E-state index contributed by atoms with van der Waals surface area (Å²) in [4.78, 5) is 26.6. The molecule has 0 saturated carbocycles. The van der Waals surface area contributed by atoms with Crippen molar-refractivity contribution in [2.24, 2.45) is 0 Å². The van der Waals surface area contributed by atoms with E-state index in [1.165, 1.54) is 11.3 Å². The van der Waals surface area contributed by atoms with Gasteiger partial charge in [-0.3, -0.25) is 9.59 Å². The van der Waals surface area contributed by atoms with Crippen LogP contribution in [0, 0.1) is 0 Å². The number of carbonyl (C=O) groups is 2. The lowest BCUT2D eigenvalue weighted by molar-refractivity contribution is -0.137. The van der Waals surface area contributed by atoms with Crippen molar-refractivity contribution in [2.45, 2.75) is 25.7 Å². The molecule has 0 fully saturated rings. The summed E-state index contributed by atoms with van der Waals surface area (Å²) in [6.45, 7) is 0.502. The van der Waals surface area contributed by atoms with Crippen molar-refractivity contribution in [1.29, 1.82) is 0 Å². The first-order chi connectivity index (χ1) is 10.6. The highest BCUT2D eigenvalue weighted by Crippen LogP contribution is 2.23. The molecule has 116 valence electrons. The van der Waals surface area contributed by atoms with Gasteiger partial charge in [-0.2, -0.15) is 0 Å². The number of unbranched alkanes of at least 4 members (excludes halogenated alkanes) is 1. The fourth-order valence-corrected chi connectivity index (χ4v) is 2.78. The third-order valence-electron chi connectivity index (χ3n) is 3.05. The van der Waals surface area contributed by atoms with E-state index in [9.17, 15) is 9.59 Å². The number of aliphatic carboxylic acids is 1. The maximum absolute atomic E-state index is 11.8. The molecule has 0 aliphatic heterocycles. The van der Waals surface area contributed by atoms with Gasteiger partial charge in [0.2, 0.25) is 5.91 Å². The van der Waals surface area contributed by atoms with Crippen molar-refractivity contribution in [3.63, 3.8) is 0 Å². The highest BCUT2D eigenvalue weighted by molar-refractivity contribution is 7.13. The van der Waals surface area contributed by atoms with Gasteiger partial charge in [-0.15, -0.1) is 11.3 Å². The van der Waals surface area contributed by atoms with Crippen LogP contribution < -0.4 is 5.32 Å². The Kier molecular flexibility index (Phi) is 6.09. The van der Waals surface area contributed by atoms with Crippen LogP contribution in [-0.2, 0) is 16.0 Å². The molecule has 22 heavy (non-hydrogen) atoms. The second kappa shape index (κ2) is 8.29. The molecule has 1 aromatic heterocycles. The topological polar surface area (TPSA) is 79.3 Å². The fourth-order valence-electron chi connectivity index (χ4n) is 1.96. The number of aromatic nitrogens is 1. The Balaban J connectivity index is 1.76. The van der Waals surface area contributed by atoms with Crippen LogP contribution in [-0.4, -0.2) is 28.5 Å². The van der Waals surface area contributed by atoms with E-state index < -0.39 is 5.97 Å². The number of nitrogens with one attached hydrogen (secondary N) is 1. The summed E-state index contributed by atoms with van der Waals surface area (Å²) >= 11 is 1.52. The first-order valence-corrected chi connectivity index (χ1v) is 8.01. The van der Waals surface area contributed by atoms with Crippen LogP contribution in [0.4, 0.5) is 0 Å². The second-order valence-electron chi connectivity index (χ2n) is 4.89. The lowest BCUT2D eigenvalue weighted by Crippen LogP contribution is -2.26. The van der Waals surface area contributed by atoms with Crippen LogP contribution in [0.15, 0.2) is 35.7 Å². The summed E-state index contributed by atoms with van der Waals surface area (Å²) in [6.07, 6.45) is 1.64. The van der Waals surface area contributed by atoms with Crippen molar-refractivity contribution in [3.8, 4) is 10.6 Å². The molecular formula is C16H18N2O3S. The summed E-state index contributed by atoms with van der Waals surface area (Å²) in [7, 11) is 0. The number of carbonyl (C=O) groups excluding carboxylic acids is 1. The zero-order valence-corrected chi connectivity index (χ0v) is 12.9. The smallest absolute Gasteiger partial charge is 0.303 e. The van der Waals surface area contributed by atoms with Crippen molar-refractivity contribution in [2.75, 3.05) is 6.54 Å². The summed E-state index contributed by atoms with van der Waals surface area (Å²) < 4.78 is 0. The van der Waals surface area contributed by atoms with Crippen molar-refractivity contribution >= 4 is 23.2 Å². The van der Waals surface area contributed by atoms with Crippen LogP contribution in [0.2, 0.25) is 0 Å². The number of nitrogens with zero attached hydrogens (tertiary/aromatic N) is 1. The van der Waals surface area contributed by atoms with E-state index in [0.29, 0.717) is 19.4 Å². The van der Waals surface area contributed by atoms with E-state index in [0.717, 1.165) is 16.3 Å². The summed E-state index contributed by atoms with van der Waals surface area (Å²) in [6, 6.07) is 9.85. The number of benzene rings is 1. The van der Waals surface area contributed by atoms with E-state index in [1.54, 1.807) is 0 Å². The molecule has 0 radical (unpaired) electrons. The van der Waals surface area contributed by atoms with E-state index in [4.69, 9.17) is 5.11 Å². The van der Waals surface area contributed by atoms with E-state index >= 15 is 0 Å². The van der Waals surface area contributed by atoms with E-state index in [1.807, 2.05) is 35.7 Å². The second-order valence-corrected chi connectivity index (χ2v) is 5.75. The molecule has 0 bridgehead atoms. The first-order valence-electron chi connectivity index (χ1n) is 7.13. The minimum atomic E-state index is -0.803. The SMILES string of the molecule is O=C(O)CCCCNC(=O)Cc1csc(-c2ccccc2)n1. The zero-order chi connectivity index (χ0) is 15.8. The van der Waals surface area contributed by atoms with Crippen LogP contribution in [0.3, 0.4) is 0 Å². The van der Waals surface area contributed by atoms with Crippen LogP contribution in [0.5, 0.6) is 0 Å². The predicted octanol–water partition coefficient (Wildman–Crippen LogP) is 2.72. The molecule has 0 saturated heterocycles. The Hall–Kier alpha value is -2.21.